The van der Waals surface area contributed by atoms with Crippen LogP contribution in [0.1, 0.15) is 5.56 Å². The van der Waals surface area contributed by atoms with Crippen LogP contribution in [0.25, 0.3) is 10.2 Å². The van der Waals surface area contributed by atoms with Crippen LogP contribution in [0.4, 0.5) is 11.8 Å². The Hall–Kier alpha value is -1.85. The zero-order chi connectivity index (χ0) is 15.2. The molecule has 0 saturated heterocycles. The fourth-order valence-corrected chi connectivity index (χ4v) is 2.95. The van der Waals surface area contributed by atoms with Gasteiger partial charge in [0.25, 0.3) is 0 Å². The van der Waals surface area contributed by atoms with Gasteiger partial charge in [0, 0.05) is 19.6 Å². The van der Waals surface area contributed by atoms with Gasteiger partial charge in [-0.15, -0.1) is 43.5 Å². The summed E-state index contributed by atoms with van der Waals surface area (Å²) in [6, 6.07) is 0. The Labute approximate surface area is 141 Å². The highest BCUT2D eigenvalue weighted by molar-refractivity contribution is 7.18. The number of aromatic nitrogens is 2. The second kappa shape index (κ2) is 8.56. The molecule has 0 saturated carbocycles. The van der Waals surface area contributed by atoms with E-state index in [0.29, 0.717) is 25.6 Å². The van der Waals surface area contributed by atoms with Crippen LogP contribution in [0.3, 0.4) is 0 Å². The van der Waals surface area contributed by atoms with E-state index in [1.165, 1.54) is 0 Å². The molecular weight excluding hydrogens is 316 g/mol. The van der Waals surface area contributed by atoms with Crippen LogP contribution in [0, 0.1) is 6.92 Å². The van der Waals surface area contributed by atoms with Gasteiger partial charge in [-0.25, -0.2) is 4.98 Å². The van der Waals surface area contributed by atoms with Crippen molar-refractivity contribution in [3.63, 3.8) is 0 Å². The van der Waals surface area contributed by atoms with Crippen molar-refractivity contribution in [2.45, 2.75) is 6.92 Å². The van der Waals surface area contributed by atoms with E-state index in [-0.39, 0.29) is 12.4 Å². The Bertz CT molecular complexity index is 655. The number of aryl methyl sites for hydroxylation is 1. The predicted molar refractivity (Wildman–Crippen MR) is 101 cm³/mol. The minimum absolute atomic E-state index is 0. The molecule has 2 rings (SSSR count). The Balaban J connectivity index is 0.00000242. The summed E-state index contributed by atoms with van der Waals surface area (Å²) in [5, 5.41) is 5.40. The molecule has 0 unspecified atom stereocenters. The zero-order valence-corrected chi connectivity index (χ0v) is 14.3. The third-order valence-electron chi connectivity index (χ3n) is 2.98. The quantitative estimate of drug-likeness (QED) is 0.733. The number of rotatable bonds is 8. The molecule has 22 heavy (non-hydrogen) atoms. The van der Waals surface area contributed by atoms with Gasteiger partial charge < -0.3 is 10.2 Å². The molecular formula is C16H21ClN4S. The SMILES string of the molecule is C=CCNc1nc(N(CC=C)CC=C)nc2c(C)csc12.Cl. The smallest absolute Gasteiger partial charge is 0.228 e. The lowest BCUT2D eigenvalue weighted by Crippen LogP contribution is -2.25. The lowest BCUT2D eigenvalue weighted by Gasteiger charge is -2.20. The maximum Gasteiger partial charge on any atom is 0.228 e. The molecule has 4 nitrogen and oxygen atoms in total. The van der Waals surface area contributed by atoms with Crippen molar-refractivity contribution >= 4 is 45.7 Å². The Morgan fingerprint density at radius 1 is 1.18 bits per heavy atom. The third kappa shape index (κ3) is 3.87. The van der Waals surface area contributed by atoms with Gasteiger partial charge in [-0.05, 0) is 17.9 Å². The summed E-state index contributed by atoms with van der Waals surface area (Å²) in [6.07, 6.45) is 5.50. The van der Waals surface area contributed by atoms with Crippen molar-refractivity contribution in [1.82, 2.24) is 9.97 Å². The highest BCUT2D eigenvalue weighted by atomic mass is 35.5. The van der Waals surface area contributed by atoms with E-state index in [2.05, 4.69) is 42.3 Å². The van der Waals surface area contributed by atoms with Gasteiger partial charge in [0.05, 0.1) is 10.2 Å². The summed E-state index contributed by atoms with van der Waals surface area (Å²) in [5.41, 5.74) is 2.16. The molecule has 1 N–H and O–H groups in total. The molecule has 6 heteroatoms. The van der Waals surface area contributed by atoms with Crippen LogP contribution in [0.15, 0.2) is 43.3 Å². The Morgan fingerprint density at radius 3 is 2.45 bits per heavy atom. The van der Waals surface area contributed by atoms with E-state index in [1.807, 2.05) is 23.1 Å². The second-order valence-electron chi connectivity index (χ2n) is 4.62. The molecule has 0 fully saturated rings. The molecule has 0 aliphatic heterocycles. The number of fused-ring (bicyclic) bond motifs is 1. The summed E-state index contributed by atoms with van der Waals surface area (Å²) >= 11 is 1.66. The van der Waals surface area contributed by atoms with Crippen LogP contribution in [-0.4, -0.2) is 29.6 Å². The average Bonchev–Trinajstić information content (AvgIpc) is 2.86. The largest absolute Gasteiger partial charge is 0.365 e. The highest BCUT2D eigenvalue weighted by Gasteiger charge is 2.14. The molecule has 2 heterocycles. The van der Waals surface area contributed by atoms with E-state index in [4.69, 9.17) is 4.98 Å². The van der Waals surface area contributed by atoms with Gasteiger partial charge in [0.2, 0.25) is 5.95 Å². The summed E-state index contributed by atoms with van der Waals surface area (Å²) in [5.74, 6) is 1.54. The molecule has 0 aromatic carbocycles. The number of halogens is 1. The molecule has 2 aromatic heterocycles. The third-order valence-corrected chi connectivity index (χ3v) is 4.07. The number of anilines is 2. The summed E-state index contributed by atoms with van der Waals surface area (Å²) in [7, 11) is 0. The standard InChI is InChI=1S/C16H20N4S.ClH/c1-5-8-17-15-14-13(12(4)11-21-14)18-16(19-15)20(9-6-2)10-7-3;/h5-7,11H,1-3,8-10H2,4H3,(H,17,18,19);1H. The van der Waals surface area contributed by atoms with Crippen LogP contribution < -0.4 is 10.2 Å². The van der Waals surface area contributed by atoms with E-state index in [9.17, 15) is 0 Å². The van der Waals surface area contributed by atoms with E-state index >= 15 is 0 Å². The normalized spacial score (nSPS) is 9.86. The number of nitrogens with one attached hydrogen (secondary N) is 1. The number of nitrogens with zero attached hydrogens (tertiary/aromatic N) is 3. The number of hydrogen-bond acceptors (Lipinski definition) is 5. The molecule has 0 aliphatic rings. The molecule has 0 spiro atoms. The monoisotopic (exact) mass is 336 g/mol. The van der Waals surface area contributed by atoms with Crippen LogP contribution >= 0.6 is 23.7 Å². The molecule has 0 aliphatic carbocycles. The topological polar surface area (TPSA) is 41.1 Å². The van der Waals surface area contributed by atoms with Crippen LogP contribution in [-0.2, 0) is 0 Å². The van der Waals surface area contributed by atoms with E-state index in [1.54, 1.807) is 11.3 Å². The first kappa shape index (κ1) is 18.2. The zero-order valence-electron chi connectivity index (χ0n) is 12.7. The molecule has 2 aromatic rings. The Kier molecular flexibility index (Phi) is 7.08. The van der Waals surface area contributed by atoms with Crippen LogP contribution in [0.5, 0.6) is 0 Å². The van der Waals surface area contributed by atoms with E-state index in [0.717, 1.165) is 21.6 Å². The minimum atomic E-state index is 0. The highest BCUT2D eigenvalue weighted by Crippen LogP contribution is 2.31. The number of thiophene rings is 1. The molecule has 0 radical (unpaired) electrons. The summed E-state index contributed by atoms with van der Waals surface area (Å²) in [4.78, 5) is 11.4. The van der Waals surface area contributed by atoms with Crippen LogP contribution in [0.2, 0.25) is 0 Å². The molecule has 0 bridgehead atoms. The lowest BCUT2D eigenvalue weighted by molar-refractivity contribution is 0.898. The van der Waals surface area contributed by atoms with Gasteiger partial charge in [-0.2, -0.15) is 4.98 Å². The van der Waals surface area contributed by atoms with Gasteiger partial charge in [0.15, 0.2) is 0 Å². The van der Waals surface area contributed by atoms with Crippen molar-refractivity contribution in [3.8, 4) is 0 Å². The molecule has 0 amide bonds. The van der Waals surface area contributed by atoms with Crippen molar-refractivity contribution < 1.29 is 0 Å². The van der Waals surface area contributed by atoms with Crippen molar-refractivity contribution in [2.75, 3.05) is 29.9 Å². The molecule has 0 atom stereocenters. The van der Waals surface area contributed by atoms with Crippen molar-refractivity contribution in [3.05, 3.63) is 48.9 Å². The summed E-state index contributed by atoms with van der Waals surface area (Å²) in [6.45, 7) is 15.4. The minimum Gasteiger partial charge on any atom is -0.365 e. The fraction of sp³-hybridized carbons (Fsp3) is 0.250. The number of hydrogen-bond donors (Lipinski definition) is 1. The van der Waals surface area contributed by atoms with Gasteiger partial charge in [0.1, 0.15) is 5.82 Å². The first-order chi connectivity index (χ1) is 10.2. The first-order valence-electron chi connectivity index (χ1n) is 6.78. The maximum atomic E-state index is 4.70. The summed E-state index contributed by atoms with van der Waals surface area (Å²) < 4.78 is 1.08. The Morgan fingerprint density at radius 2 is 1.86 bits per heavy atom. The fourth-order valence-electron chi connectivity index (χ4n) is 2.00. The maximum absolute atomic E-state index is 4.70. The van der Waals surface area contributed by atoms with Crippen molar-refractivity contribution in [1.29, 1.82) is 0 Å². The predicted octanol–water partition coefficient (Wildman–Crippen LogP) is 4.20. The second-order valence-corrected chi connectivity index (χ2v) is 5.50. The molecule has 118 valence electrons. The van der Waals surface area contributed by atoms with Gasteiger partial charge >= 0.3 is 0 Å². The lowest BCUT2D eigenvalue weighted by atomic mass is 10.3. The first-order valence-corrected chi connectivity index (χ1v) is 7.66. The van der Waals surface area contributed by atoms with Gasteiger partial charge in [-0.3, -0.25) is 0 Å². The average molecular weight is 337 g/mol. The van der Waals surface area contributed by atoms with Crippen molar-refractivity contribution in [2.24, 2.45) is 0 Å². The van der Waals surface area contributed by atoms with Gasteiger partial charge in [-0.1, -0.05) is 18.2 Å². The van der Waals surface area contributed by atoms with E-state index < -0.39 is 0 Å².